The standard InChI is InChI=1S/C15H11BrF3NO/c1-8(16)10-4-2-3-5-13(10)20-15(21)9-6-11(17)14(19)12(18)7-9/h2-8H,1H3,(H,20,21). The molecule has 2 rings (SSSR count). The third-order valence-electron chi connectivity index (χ3n) is 2.88. The lowest BCUT2D eigenvalue weighted by molar-refractivity contribution is 0.102. The van der Waals surface area contributed by atoms with Crippen molar-refractivity contribution >= 4 is 27.5 Å². The molecule has 0 aliphatic carbocycles. The summed E-state index contributed by atoms with van der Waals surface area (Å²) in [6.07, 6.45) is 0. The molecule has 0 heterocycles. The van der Waals surface area contributed by atoms with Gasteiger partial charge in [-0.05, 0) is 30.7 Å². The fourth-order valence-corrected chi connectivity index (χ4v) is 2.24. The molecule has 0 saturated carbocycles. The molecule has 1 amide bonds. The Labute approximate surface area is 128 Å². The summed E-state index contributed by atoms with van der Waals surface area (Å²) in [5.74, 6) is -5.11. The van der Waals surface area contributed by atoms with Gasteiger partial charge in [-0.15, -0.1) is 0 Å². The van der Waals surface area contributed by atoms with E-state index >= 15 is 0 Å². The van der Waals surface area contributed by atoms with Gasteiger partial charge in [0.15, 0.2) is 17.5 Å². The molecule has 2 aromatic rings. The van der Waals surface area contributed by atoms with Crippen molar-refractivity contribution in [1.82, 2.24) is 0 Å². The van der Waals surface area contributed by atoms with Gasteiger partial charge >= 0.3 is 0 Å². The first kappa shape index (κ1) is 15.6. The van der Waals surface area contributed by atoms with Gasteiger partial charge in [0.1, 0.15) is 0 Å². The molecule has 0 radical (unpaired) electrons. The van der Waals surface area contributed by atoms with Crippen LogP contribution in [0.4, 0.5) is 18.9 Å². The van der Waals surface area contributed by atoms with Crippen LogP contribution in [0.25, 0.3) is 0 Å². The highest BCUT2D eigenvalue weighted by molar-refractivity contribution is 9.09. The number of halogens is 4. The Morgan fingerprint density at radius 2 is 1.71 bits per heavy atom. The van der Waals surface area contributed by atoms with E-state index in [1.807, 2.05) is 6.92 Å². The molecule has 1 atom stereocenters. The maximum atomic E-state index is 13.1. The number of carbonyl (C=O) groups is 1. The van der Waals surface area contributed by atoms with Crippen molar-refractivity contribution in [2.75, 3.05) is 5.32 Å². The summed E-state index contributed by atoms with van der Waals surface area (Å²) < 4.78 is 39.2. The lowest BCUT2D eigenvalue weighted by atomic mass is 10.1. The lowest BCUT2D eigenvalue weighted by Crippen LogP contribution is -2.14. The van der Waals surface area contributed by atoms with Gasteiger partial charge in [0, 0.05) is 16.1 Å². The van der Waals surface area contributed by atoms with Crippen LogP contribution in [0.5, 0.6) is 0 Å². The summed E-state index contributed by atoms with van der Waals surface area (Å²) in [7, 11) is 0. The van der Waals surface area contributed by atoms with Gasteiger partial charge in [0.05, 0.1) is 0 Å². The Balaban J connectivity index is 2.31. The maximum absolute atomic E-state index is 13.1. The van der Waals surface area contributed by atoms with Crippen LogP contribution in [0.2, 0.25) is 0 Å². The minimum absolute atomic E-state index is 0.0179. The van der Waals surface area contributed by atoms with Gasteiger partial charge < -0.3 is 5.32 Å². The van der Waals surface area contributed by atoms with E-state index < -0.39 is 23.4 Å². The molecule has 0 spiro atoms. The normalized spacial score (nSPS) is 12.0. The van der Waals surface area contributed by atoms with Crippen molar-refractivity contribution in [2.45, 2.75) is 11.8 Å². The summed E-state index contributed by atoms with van der Waals surface area (Å²) in [4.78, 5) is 12.0. The van der Waals surface area contributed by atoms with E-state index in [2.05, 4.69) is 21.2 Å². The molecule has 6 heteroatoms. The van der Waals surface area contributed by atoms with E-state index in [-0.39, 0.29) is 10.4 Å². The van der Waals surface area contributed by atoms with Crippen molar-refractivity contribution in [3.05, 3.63) is 65.0 Å². The highest BCUT2D eigenvalue weighted by Crippen LogP contribution is 2.29. The van der Waals surface area contributed by atoms with Gasteiger partial charge in [-0.2, -0.15) is 0 Å². The summed E-state index contributed by atoms with van der Waals surface area (Å²) in [6.45, 7) is 1.88. The second-order valence-electron chi connectivity index (χ2n) is 4.41. The number of alkyl halides is 1. The molecule has 2 aromatic carbocycles. The molecule has 2 nitrogen and oxygen atoms in total. The molecule has 21 heavy (non-hydrogen) atoms. The largest absolute Gasteiger partial charge is 0.322 e. The Kier molecular flexibility index (Phi) is 4.67. The Morgan fingerprint density at radius 3 is 2.29 bits per heavy atom. The van der Waals surface area contributed by atoms with Gasteiger partial charge in [0.25, 0.3) is 5.91 Å². The highest BCUT2D eigenvalue weighted by atomic mass is 79.9. The van der Waals surface area contributed by atoms with Crippen LogP contribution in [0.1, 0.15) is 27.7 Å². The fourth-order valence-electron chi connectivity index (χ4n) is 1.84. The van der Waals surface area contributed by atoms with E-state index in [9.17, 15) is 18.0 Å². The van der Waals surface area contributed by atoms with Gasteiger partial charge in [0.2, 0.25) is 0 Å². The van der Waals surface area contributed by atoms with Crippen LogP contribution in [-0.4, -0.2) is 5.91 Å². The van der Waals surface area contributed by atoms with Crippen LogP contribution >= 0.6 is 15.9 Å². The summed E-state index contributed by atoms with van der Waals surface area (Å²) >= 11 is 3.39. The molecule has 0 aliphatic heterocycles. The number of hydrogen-bond donors (Lipinski definition) is 1. The first-order chi connectivity index (χ1) is 9.90. The number of hydrogen-bond acceptors (Lipinski definition) is 1. The molecule has 0 aromatic heterocycles. The van der Waals surface area contributed by atoms with E-state index in [0.717, 1.165) is 5.56 Å². The average Bonchev–Trinajstić information content (AvgIpc) is 2.44. The summed E-state index contributed by atoms with van der Waals surface area (Å²) in [6, 6.07) is 8.32. The zero-order valence-electron chi connectivity index (χ0n) is 11.0. The van der Waals surface area contributed by atoms with Gasteiger partial charge in [-0.25, -0.2) is 13.2 Å². The molecule has 0 saturated heterocycles. The van der Waals surface area contributed by atoms with E-state index in [0.29, 0.717) is 17.8 Å². The van der Waals surface area contributed by atoms with Gasteiger partial charge in [-0.1, -0.05) is 34.1 Å². The van der Waals surface area contributed by atoms with E-state index in [1.54, 1.807) is 24.3 Å². The van der Waals surface area contributed by atoms with Crippen molar-refractivity contribution in [3.8, 4) is 0 Å². The quantitative estimate of drug-likeness (QED) is 0.619. The zero-order chi connectivity index (χ0) is 15.6. The summed E-state index contributed by atoms with van der Waals surface area (Å²) in [5, 5.41) is 2.56. The number of benzene rings is 2. The first-order valence-corrected chi connectivity index (χ1v) is 7.00. The topological polar surface area (TPSA) is 29.1 Å². The molecule has 1 unspecified atom stereocenters. The number of anilines is 1. The highest BCUT2D eigenvalue weighted by Gasteiger charge is 2.16. The first-order valence-electron chi connectivity index (χ1n) is 6.09. The van der Waals surface area contributed by atoms with Crippen molar-refractivity contribution < 1.29 is 18.0 Å². The van der Waals surface area contributed by atoms with Crippen LogP contribution < -0.4 is 5.32 Å². The second kappa shape index (κ2) is 6.30. The van der Waals surface area contributed by atoms with Crippen LogP contribution in [0.15, 0.2) is 36.4 Å². The van der Waals surface area contributed by atoms with Crippen LogP contribution in [0.3, 0.4) is 0 Å². The molecule has 0 bridgehead atoms. The van der Waals surface area contributed by atoms with Crippen LogP contribution in [-0.2, 0) is 0 Å². The van der Waals surface area contributed by atoms with Crippen molar-refractivity contribution in [1.29, 1.82) is 0 Å². The Hall–Kier alpha value is -1.82. The van der Waals surface area contributed by atoms with Crippen molar-refractivity contribution in [3.63, 3.8) is 0 Å². The fraction of sp³-hybridized carbons (Fsp3) is 0.133. The molecule has 110 valence electrons. The van der Waals surface area contributed by atoms with Crippen molar-refractivity contribution in [2.24, 2.45) is 0 Å². The second-order valence-corrected chi connectivity index (χ2v) is 5.78. The minimum Gasteiger partial charge on any atom is -0.322 e. The molecule has 1 N–H and O–H groups in total. The predicted molar refractivity (Wildman–Crippen MR) is 78.1 cm³/mol. The monoisotopic (exact) mass is 357 g/mol. The van der Waals surface area contributed by atoms with E-state index in [4.69, 9.17) is 0 Å². The average molecular weight is 358 g/mol. The van der Waals surface area contributed by atoms with Gasteiger partial charge in [-0.3, -0.25) is 4.79 Å². The number of rotatable bonds is 3. The summed E-state index contributed by atoms with van der Waals surface area (Å²) in [5.41, 5.74) is 1.04. The number of para-hydroxylation sites is 1. The zero-order valence-corrected chi connectivity index (χ0v) is 12.5. The Bertz CT molecular complexity index is 665. The third kappa shape index (κ3) is 3.44. The molecular formula is C15H11BrF3NO. The SMILES string of the molecule is CC(Br)c1ccccc1NC(=O)c1cc(F)c(F)c(F)c1. The third-order valence-corrected chi connectivity index (χ3v) is 3.38. The van der Waals surface area contributed by atoms with E-state index in [1.165, 1.54) is 0 Å². The smallest absolute Gasteiger partial charge is 0.255 e. The number of carbonyl (C=O) groups excluding carboxylic acids is 1. The molecule has 0 aliphatic rings. The number of amides is 1. The van der Waals surface area contributed by atoms with Crippen LogP contribution in [0, 0.1) is 17.5 Å². The molecular weight excluding hydrogens is 347 g/mol. The number of nitrogens with one attached hydrogen (secondary N) is 1. The molecule has 0 fully saturated rings. The Morgan fingerprint density at radius 1 is 1.14 bits per heavy atom. The predicted octanol–water partition coefficient (Wildman–Crippen LogP) is 4.81. The minimum atomic E-state index is -1.60. The lowest BCUT2D eigenvalue weighted by Gasteiger charge is -2.13. The maximum Gasteiger partial charge on any atom is 0.255 e.